The van der Waals surface area contributed by atoms with Gasteiger partial charge in [-0.2, -0.15) is 0 Å². The van der Waals surface area contributed by atoms with E-state index in [0.29, 0.717) is 5.92 Å². The zero-order valence-corrected chi connectivity index (χ0v) is 15.6. The number of rotatable bonds is 5. The van der Waals surface area contributed by atoms with Gasteiger partial charge in [-0.25, -0.2) is 0 Å². The first-order chi connectivity index (χ1) is 10.9. The van der Waals surface area contributed by atoms with Crippen molar-refractivity contribution in [2.24, 2.45) is 5.92 Å². The van der Waals surface area contributed by atoms with E-state index in [4.69, 9.17) is 9.47 Å². The number of methoxy groups -OCH3 is 1. The molecule has 1 saturated heterocycles. The van der Waals surface area contributed by atoms with Gasteiger partial charge < -0.3 is 14.4 Å². The van der Waals surface area contributed by atoms with E-state index >= 15 is 0 Å². The van der Waals surface area contributed by atoms with E-state index in [1.165, 1.54) is 22.3 Å². The van der Waals surface area contributed by atoms with E-state index in [0.717, 1.165) is 45.1 Å². The molecule has 0 saturated carbocycles. The topological polar surface area (TPSA) is 24.9 Å². The summed E-state index contributed by atoms with van der Waals surface area (Å²) in [6.45, 7) is 12.4. The Morgan fingerprint density at radius 3 is 2.65 bits per heavy atom. The minimum absolute atomic E-state index is 0.576. The molecule has 1 aromatic carbocycles. The Morgan fingerprint density at radius 2 is 2.00 bits per heavy atom. The highest BCUT2D eigenvalue weighted by Crippen LogP contribution is 2.28. The van der Waals surface area contributed by atoms with Crippen molar-refractivity contribution in [2.75, 3.05) is 54.1 Å². The smallest absolute Gasteiger partial charge is 0.122 e. The summed E-state index contributed by atoms with van der Waals surface area (Å²) in [5.41, 5.74) is 5.37. The van der Waals surface area contributed by atoms with Crippen molar-refractivity contribution in [3.05, 3.63) is 28.3 Å². The second-order valence-electron chi connectivity index (χ2n) is 7.06. The number of hydrogen-bond acceptors (Lipinski definition) is 4. The van der Waals surface area contributed by atoms with E-state index in [1.807, 2.05) is 0 Å². The Kier molecular flexibility index (Phi) is 6.45. The number of aryl methyl sites for hydroxylation is 1. The highest BCUT2D eigenvalue weighted by molar-refractivity contribution is 5.48. The molecule has 1 heterocycles. The average Bonchev–Trinajstić information content (AvgIpc) is 2.71. The fraction of sp³-hybridized carbons (Fsp3) is 0.684. The van der Waals surface area contributed by atoms with E-state index in [1.54, 1.807) is 7.11 Å². The van der Waals surface area contributed by atoms with Gasteiger partial charge >= 0.3 is 0 Å². The van der Waals surface area contributed by atoms with Gasteiger partial charge in [0, 0.05) is 32.1 Å². The highest BCUT2D eigenvalue weighted by Gasteiger charge is 2.21. The van der Waals surface area contributed by atoms with Crippen LogP contribution in [0.3, 0.4) is 0 Å². The molecule has 0 radical (unpaired) electrons. The number of ether oxygens (including phenoxy) is 2. The first-order valence-corrected chi connectivity index (χ1v) is 8.50. The average molecular weight is 320 g/mol. The van der Waals surface area contributed by atoms with Gasteiger partial charge in [0.1, 0.15) is 5.75 Å². The standard InChI is InChI=1S/C19H32N2O2/c1-14-9-19(22-6)16(3)15(2)18(14)12-21-7-8-23-13-17(11-21)10-20(4)5/h9,17H,7-8,10-13H2,1-6H3/t17-/m1/s1. The fourth-order valence-corrected chi connectivity index (χ4v) is 3.50. The lowest BCUT2D eigenvalue weighted by molar-refractivity contribution is 0.112. The highest BCUT2D eigenvalue weighted by atomic mass is 16.5. The molecule has 1 fully saturated rings. The van der Waals surface area contributed by atoms with Gasteiger partial charge in [-0.05, 0) is 63.2 Å². The zero-order valence-electron chi connectivity index (χ0n) is 15.6. The summed E-state index contributed by atoms with van der Waals surface area (Å²) in [5.74, 6) is 1.57. The molecule has 4 heteroatoms. The molecule has 23 heavy (non-hydrogen) atoms. The van der Waals surface area contributed by atoms with Crippen LogP contribution in [0.2, 0.25) is 0 Å². The van der Waals surface area contributed by atoms with Gasteiger partial charge in [0.15, 0.2) is 0 Å². The minimum Gasteiger partial charge on any atom is -0.496 e. The Balaban J connectivity index is 2.15. The van der Waals surface area contributed by atoms with Gasteiger partial charge in [-0.3, -0.25) is 4.90 Å². The maximum atomic E-state index is 5.81. The number of hydrogen-bond donors (Lipinski definition) is 0. The maximum Gasteiger partial charge on any atom is 0.122 e. The third kappa shape index (κ3) is 4.69. The molecule has 0 bridgehead atoms. The summed E-state index contributed by atoms with van der Waals surface area (Å²) in [6, 6.07) is 2.17. The largest absolute Gasteiger partial charge is 0.496 e. The van der Waals surface area contributed by atoms with Crippen LogP contribution in [0.1, 0.15) is 22.3 Å². The summed E-state index contributed by atoms with van der Waals surface area (Å²) in [7, 11) is 6.02. The van der Waals surface area contributed by atoms with E-state index < -0.39 is 0 Å². The summed E-state index contributed by atoms with van der Waals surface area (Å²) >= 11 is 0. The molecule has 0 aliphatic carbocycles. The van der Waals surface area contributed by atoms with Crippen molar-refractivity contribution in [1.82, 2.24) is 9.80 Å². The van der Waals surface area contributed by atoms with E-state index in [2.05, 4.69) is 50.7 Å². The molecule has 130 valence electrons. The second kappa shape index (κ2) is 8.13. The van der Waals surface area contributed by atoms with Crippen molar-refractivity contribution in [3.63, 3.8) is 0 Å². The number of benzene rings is 1. The molecule has 2 rings (SSSR count). The van der Waals surface area contributed by atoms with Crippen LogP contribution in [0.5, 0.6) is 5.75 Å². The Morgan fingerprint density at radius 1 is 1.26 bits per heavy atom. The first kappa shape index (κ1) is 18.2. The fourth-order valence-electron chi connectivity index (χ4n) is 3.50. The minimum atomic E-state index is 0.576. The summed E-state index contributed by atoms with van der Waals surface area (Å²) in [4.78, 5) is 4.80. The molecule has 0 N–H and O–H groups in total. The monoisotopic (exact) mass is 320 g/mol. The Bertz CT molecular complexity index is 529. The number of nitrogens with zero attached hydrogens (tertiary/aromatic N) is 2. The lowest BCUT2D eigenvalue weighted by atomic mass is 9.96. The van der Waals surface area contributed by atoms with Crippen molar-refractivity contribution in [1.29, 1.82) is 0 Å². The van der Waals surface area contributed by atoms with E-state index in [-0.39, 0.29) is 0 Å². The molecule has 0 amide bonds. The zero-order chi connectivity index (χ0) is 17.0. The van der Waals surface area contributed by atoms with Crippen molar-refractivity contribution < 1.29 is 9.47 Å². The molecule has 1 atom stereocenters. The van der Waals surface area contributed by atoms with Crippen LogP contribution >= 0.6 is 0 Å². The van der Waals surface area contributed by atoms with Gasteiger partial charge in [0.05, 0.1) is 20.3 Å². The van der Waals surface area contributed by atoms with Crippen LogP contribution in [0.4, 0.5) is 0 Å². The van der Waals surface area contributed by atoms with Crippen LogP contribution < -0.4 is 4.74 Å². The SMILES string of the molecule is COc1cc(C)c(CN2CCOC[C@H](CN(C)C)C2)c(C)c1C. The molecule has 0 unspecified atom stereocenters. The van der Waals surface area contributed by atoms with Crippen LogP contribution in [-0.4, -0.2) is 63.9 Å². The Labute approximate surface area is 141 Å². The predicted octanol–water partition coefficient (Wildman–Crippen LogP) is 2.63. The lowest BCUT2D eigenvalue weighted by Gasteiger charge is -2.27. The third-order valence-corrected chi connectivity index (χ3v) is 4.86. The molecule has 1 aromatic rings. The molecule has 0 aromatic heterocycles. The first-order valence-electron chi connectivity index (χ1n) is 8.50. The molecular formula is C19H32N2O2. The van der Waals surface area contributed by atoms with Gasteiger partial charge in [-0.15, -0.1) is 0 Å². The molecule has 4 nitrogen and oxygen atoms in total. The van der Waals surface area contributed by atoms with Crippen LogP contribution in [0, 0.1) is 26.7 Å². The molecule has 0 spiro atoms. The van der Waals surface area contributed by atoms with E-state index in [9.17, 15) is 0 Å². The van der Waals surface area contributed by atoms with Crippen LogP contribution in [0.25, 0.3) is 0 Å². The summed E-state index contributed by atoms with van der Waals surface area (Å²) in [6.07, 6.45) is 0. The Hall–Kier alpha value is -1.10. The van der Waals surface area contributed by atoms with Crippen LogP contribution in [0.15, 0.2) is 6.07 Å². The lowest BCUT2D eigenvalue weighted by Crippen LogP contribution is -2.34. The third-order valence-electron chi connectivity index (χ3n) is 4.86. The van der Waals surface area contributed by atoms with Crippen molar-refractivity contribution >= 4 is 0 Å². The van der Waals surface area contributed by atoms with Crippen molar-refractivity contribution in [2.45, 2.75) is 27.3 Å². The normalized spacial score (nSPS) is 19.9. The molecule has 1 aliphatic heterocycles. The quantitative estimate of drug-likeness (QED) is 0.833. The van der Waals surface area contributed by atoms with Gasteiger partial charge in [0.25, 0.3) is 0 Å². The van der Waals surface area contributed by atoms with Gasteiger partial charge in [0.2, 0.25) is 0 Å². The molecular weight excluding hydrogens is 288 g/mol. The van der Waals surface area contributed by atoms with Gasteiger partial charge in [-0.1, -0.05) is 0 Å². The predicted molar refractivity (Wildman–Crippen MR) is 95.3 cm³/mol. The summed E-state index contributed by atoms with van der Waals surface area (Å²) < 4.78 is 11.3. The second-order valence-corrected chi connectivity index (χ2v) is 7.06. The molecule has 1 aliphatic rings. The summed E-state index contributed by atoms with van der Waals surface area (Å²) in [5, 5.41) is 0. The maximum absolute atomic E-state index is 5.81. The van der Waals surface area contributed by atoms with Crippen molar-refractivity contribution in [3.8, 4) is 5.75 Å². The van der Waals surface area contributed by atoms with Crippen LogP contribution in [-0.2, 0) is 11.3 Å².